The number of rotatable bonds is 8. The van der Waals surface area contributed by atoms with Crippen molar-refractivity contribution in [1.29, 1.82) is 0 Å². The summed E-state index contributed by atoms with van der Waals surface area (Å²) in [6.07, 6.45) is 4.50. The highest BCUT2D eigenvalue weighted by atomic mass is 16.3. The number of allylic oxidation sites excluding steroid dienone is 1. The standard InChI is InChI=1S/C27H39N5O6/c1-15(2)23-27(38)29-17(4)25(36)31-21(14-18-10-12-19(33)13-11-18)26(37)30-20(16(3)24(35)32-23)8-6-5-7-9-22(28)34/h5-6,10-13,15-17,20-21,23,33H,7-9,14H2,1-4H3,(H2,28,34)(H,29,38)(H,30,37)(H,31,36)(H,32,35). The van der Waals surface area contributed by atoms with Gasteiger partial charge in [-0.3, -0.25) is 24.0 Å². The zero-order valence-corrected chi connectivity index (χ0v) is 22.3. The summed E-state index contributed by atoms with van der Waals surface area (Å²) in [5.74, 6) is -3.32. The first-order valence-electron chi connectivity index (χ1n) is 12.8. The lowest BCUT2D eigenvalue weighted by Crippen LogP contribution is -2.56. The van der Waals surface area contributed by atoms with Crippen LogP contribution in [0.1, 0.15) is 52.5 Å². The molecule has 1 fully saturated rings. The highest BCUT2D eigenvalue weighted by Gasteiger charge is 2.34. The molecule has 2 rings (SSSR count). The van der Waals surface area contributed by atoms with Gasteiger partial charge in [0.1, 0.15) is 23.9 Å². The quantitative estimate of drug-likeness (QED) is 0.265. The molecule has 0 bridgehead atoms. The fraction of sp³-hybridized carbons (Fsp3) is 0.519. The van der Waals surface area contributed by atoms with Gasteiger partial charge in [0.25, 0.3) is 0 Å². The molecule has 1 saturated heterocycles. The number of phenolic OH excluding ortho intramolecular Hbond substituents is 1. The number of benzene rings is 1. The Balaban J connectivity index is 2.39. The van der Waals surface area contributed by atoms with Crippen molar-refractivity contribution >= 4 is 29.5 Å². The summed E-state index contributed by atoms with van der Waals surface area (Å²) in [7, 11) is 0. The molecule has 0 saturated carbocycles. The first-order valence-corrected chi connectivity index (χ1v) is 12.8. The Kier molecular flexibility index (Phi) is 11.3. The van der Waals surface area contributed by atoms with E-state index in [4.69, 9.17) is 5.73 Å². The van der Waals surface area contributed by atoms with Crippen LogP contribution in [0.2, 0.25) is 0 Å². The van der Waals surface area contributed by atoms with Gasteiger partial charge in [-0.1, -0.05) is 45.1 Å². The summed E-state index contributed by atoms with van der Waals surface area (Å²) >= 11 is 0. The van der Waals surface area contributed by atoms with Gasteiger partial charge in [0.2, 0.25) is 29.5 Å². The summed E-state index contributed by atoms with van der Waals surface area (Å²) in [5.41, 5.74) is 5.87. The lowest BCUT2D eigenvalue weighted by Gasteiger charge is -2.28. The van der Waals surface area contributed by atoms with Crippen molar-refractivity contribution < 1.29 is 29.1 Å². The van der Waals surface area contributed by atoms with Crippen LogP contribution in [-0.4, -0.2) is 58.8 Å². The van der Waals surface area contributed by atoms with Crippen molar-refractivity contribution in [2.75, 3.05) is 0 Å². The number of nitrogens with one attached hydrogen (secondary N) is 4. The largest absolute Gasteiger partial charge is 0.508 e. The van der Waals surface area contributed by atoms with E-state index in [1.165, 1.54) is 19.1 Å². The third-order valence-electron chi connectivity index (χ3n) is 6.47. The molecule has 5 unspecified atom stereocenters. The van der Waals surface area contributed by atoms with Crippen LogP contribution in [0.15, 0.2) is 36.4 Å². The molecule has 1 aliphatic heterocycles. The van der Waals surface area contributed by atoms with Crippen molar-refractivity contribution in [1.82, 2.24) is 21.3 Å². The molecule has 208 valence electrons. The Bertz CT molecular complexity index is 1040. The van der Waals surface area contributed by atoms with Crippen LogP contribution in [0.3, 0.4) is 0 Å². The molecule has 11 nitrogen and oxygen atoms in total. The van der Waals surface area contributed by atoms with E-state index in [0.717, 1.165) is 0 Å². The van der Waals surface area contributed by atoms with Gasteiger partial charge < -0.3 is 32.1 Å². The van der Waals surface area contributed by atoms with Crippen LogP contribution < -0.4 is 27.0 Å². The SMILES string of the molecule is CC1NC(=O)C(C(C)C)NC(=O)C(C)C(CC=CCCC(N)=O)NC(=O)C(Cc2ccc(O)cc2)NC1=O. The molecule has 1 aromatic rings. The number of carbonyl (C=O) groups is 5. The second-order valence-corrected chi connectivity index (χ2v) is 10.0. The highest BCUT2D eigenvalue weighted by Crippen LogP contribution is 2.15. The summed E-state index contributed by atoms with van der Waals surface area (Å²) in [6.45, 7) is 6.73. The van der Waals surface area contributed by atoms with Crippen molar-refractivity contribution in [3.8, 4) is 5.75 Å². The van der Waals surface area contributed by atoms with E-state index >= 15 is 0 Å². The molecule has 0 radical (unpaired) electrons. The van der Waals surface area contributed by atoms with Crippen molar-refractivity contribution in [3.63, 3.8) is 0 Å². The van der Waals surface area contributed by atoms with E-state index < -0.39 is 59.6 Å². The number of phenols is 1. The average Bonchev–Trinajstić information content (AvgIpc) is 2.85. The van der Waals surface area contributed by atoms with Crippen molar-refractivity contribution in [3.05, 3.63) is 42.0 Å². The van der Waals surface area contributed by atoms with Crippen LogP contribution in [-0.2, 0) is 30.4 Å². The van der Waals surface area contributed by atoms with Gasteiger partial charge in [0.05, 0.1) is 5.92 Å². The van der Waals surface area contributed by atoms with Gasteiger partial charge in [0, 0.05) is 18.9 Å². The van der Waals surface area contributed by atoms with Gasteiger partial charge >= 0.3 is 0 Å². The molecule has 1 aromatic carbocycles. The van der Waals surface area contributed by atoms with E-state index in [-0.39, 0.29) is 30.9 Å². The maximum atomic E-state index is 13.4. The Morgan fingerprint density at radius 1 is 0.921 bits per heavy atom. The van der Waals surface area contributed by atoms with E-state index in [9.17, 15) is 29.1 Å². The third kappa shape index (κ3) is 9.20. The third-order valence-corrected chi connectivity index (χ3v) is 6.47. The molecule has 38 heavy (non-hydrogen) atoms. The van der Waals surface area contributed by atoms with Crippen LogP contribution in [0.25, 0.3) is 0 Å². The van der Waals surface area contributed by atoms with Crippen LogP contribution in [0.5, 0.6) is 5.75 Å². The van der Waals surface area contributed by atoms with Crippen LogP contribution in [0.4, 0.5) is 0 Å². The summed E-state index contributed by atoms with van der Waals surface area (Å²) < 4.78 is 0. The van der Waals surface area contributed by atoms with Crippen molar-refractivity contribution in [2.24, 2.45) is 17.6 Å². The normalized spacial score (nSPS) is 25.4. The van der Waals surface area contributed by atoms with Gasteiger partial charge in [0.15, 0.2) is 0 Å². The van der Waals surface area contributed by atoms with Gasteiger partial charge in [-0.05, 0) is 43.4 Å². The molecule has 0 spiro atoms. The monoisotopic (exact) mass is 529 g/mol. The Morgan fingerprint density at radius 3 is 2.18 bits per heavy atom. The minimum Gasteiger partial charge on any atom is -0.508 e. The molecule has 5 atom stereocenters. The Labute approximate surface area is 223 Å². The second kappa shape index (κ2) is 14.2. The number of aromatic hydroxyl groups is 1. The summed E-state index contributed by atoms with van der Waals surface area (Å²) in [6, 6.07) is 2.73. The number of primary amides is 1. The maximum absolute atomic E-state index is 13.4. The minimum atomic E-state index is -1.01. The van der Waals surface area contributed by atoms with Crippen LogP contribution in [0, 0.1) is 11.8 Å². The molecule has 0 aliphatic carbocycles. The van der Waals surface area contributed by atoms with E-state index in [2.05, 4.69) is 21.3 Å². The minimum absolute atomic E-state index is 0.0660. The number of hydrogen-bond donors (Lipinski definition) is 6. The molecule has 1 heterocycles. The molecule has 1 aliphatic rings. The Morgan fingerprint density at radius 2 is 1.58 bits per heavy atom. The van der Waals surface area contributed by atoms with Crippen molar-refractivity contribution in [2.45, 2.75) is 77.5 Å². The average molecular weight is 530 g/mol. The lowest BCUT2D eigenvalue weighted by atomic mass is 9.94. The molecule has 11 heteroatoms. The van der Waals surface area contributed by atoms with E-state index in [0.29, 0.717) is 12.0 Å². The number of hydrogen-bond acceptors (Lipinski definition) is 6. The van der Waals surface area contributed by atoms with Gasteiger partial charge in [-0.15, -0.1) is 0 Å². The smallest absolute Gasteiger partial charge is 0.243 e. The fourth-order valence-corrected chi connectivity index (χ4v) is 4.00. The summed E-state index contributed by atoms with van der Waals surface area (Å²) in [5, 5.41) is 20.6. The number of carbonyl (C=O) groups excluding carboxylic acids is 5. The van der Waals surface area contributed by atoms with E-state index in [1.54, 1.807) is 45.1 Å². The second-order valence-electron chi connectivity index (χ2n) is 10.0. The van der Waals surface area contributed by atoms with Gasteiger partial charge in [-0.2, -0.15) is 0 Å². The zero-order valence-electron chi connectivity index (χ0n) is 22.3. The lowest BCUT2D eigenvalue weighted by molar-refractivity contribution is -0.134. The molecule has 0 aromatic heterocycles. The molecular weight excluding hydrogens is 490 g/mol. The Hall–Kier alpha value is -3.89. The number of amides is 5. The fourth-order valence-electron chi connectivity index (χ4n) is 4.00. The maximum Gasteiger partial charge on any atom is 0.243 e. The predicted molar refractivity (Wildman–Crippen MR) is 141 cm³/mol. The zero-order chi connectivity index (χ0) is 28.4. The van der Waals surface area contributed by atoms with Gasteiger partial charge in [-0.25, -0.2) is 0 Å². The van der Waals surface area contributed by atoms with E-state index in [1.807, 2.05) is 0 Å². The first kappa shape index (κ1) is 30.3. The molecule has 5 amide bonds. The molecular formula is C27H39N5O6. The topological polar surface area (TPSA) is 180 Å². The first-order chi connectivity index (χ1) is 17.9. The molecule has 7 N–H and O–H groups in total. The summed E-state index contributed by atoms with van der Waals surface area (Å²) in [4.78, 5) is 63.6. The number of nitrogens with two attached hydrogens (primary N) is 1. The van der Waals surface area contributed by atoms with Crippen LogP contribution >= 0.6 is 0 Å². The predicted octanol–water partition coefficient (Wildman–Crippen LogP) is 0.411. The highest BCUT2D eigenvalue weighted by molar-refractivity contribution is 5.95.